The Labute approximate surface area is 138 Å². The zero-order chi connectivity index (χ0) is 16.6. The molecule has 0 fully saturated rings. The third kappa shape index (κ3) is 2.92. The lowest BCUT2D eigenvalue weighted by Gasteiger charge is -2.34. The van der Waals surface area contributed by atoms with Crippen molar-refractivity contribution in [2.24, 2.45) is 0 Å². The fraction of sp³-hybridized carbons (Fsp3) is 0.375. The molecule has 1 atom stereocenters. The summed E-state index contributed by atoms with van der Waals surface area (Å²) in [6.45, 7) is 5.34. The fourth-order valence-electron chi connectivity index (χ4n) is 2.75. The van der Waals surface area contributed by atoms with Crippen LogP contribution in [0, 0.1) is 0 Å². The highest BCUT2D eigenvalue weighted by molar-refractivity contribution is 6.30. The Morgan fingerprint density at radius 1 is 1.26 bits per heavy atom. The zero-order valence-corrected chi connectivity index (χ0v) is 13.9. The molecule has 7 heteroatoms. The standard InChI is InChI=1S/C16H19ClN4O2/c1-3-10(2)20-8-13-14(18-9-20)21(16(23)19-15(13)22)12-6-4-11(17)5-7-12/h4-7,10,18H,3,8-9H2,1-2H3,(H,19,22,23)/t10-/m1/s1. The van der Waals surface area contributed by atoms with Gasteiger partial charge in [0.25, 0.3) is 5.56 Å². The number of fused-ring (bicyclic) bond motifs is 1. The number of nitrogens with one attached hydrogen (secondary N) is 2. The minimum atomic E-state index is -0.458. The van der Waals surface area contributed by atoms with Crippen molar-refractivity contribution in [3.05, 3.63) is 55.7 Å². The lowest BCUT2D eigenvalue weighted by molar-refractivity contribution is 0.200. The SMILES string of the molecule is CC[C@@H](C)N1CNc2c(c(=O)[nH]c(=O)n2-c2ccc(Cl)cc2)C1. The maximum Gasteiger partial charge on any atom is 0.334 e. The number of halogens is 1. The molecule has 0 saturated heterocycles. The molecule has 3 rings (SSSR count). The highest BCUT2D eigenvalue weighted by Crippen LogP contribution is 2.23. The molecule has 2 N–H and O–H groups in total. The first-order chi connectivity index (χ1) is 11.0. The van der Waals surface area contributed by atoms with E-state index in [0.29, 0.717) is 41.3 Å². The van der Waals surface area contributed by atoms with Gasteiger partial charge in [0.2, 0.25) is 0 Å². The molecule has 0 aliphatic carbocycles. The summed E-state index contributed by atoms with van der Waals surface area (Å²) in [6.07, 6.45) is 0.992. The normalized spacial score (nSPS) is 15.8. The van der Waals surface area contributed by atoms with E-state index in [4.69, 9.17) is 11.6 Å². The number of hydrogen-bond acceptors (Lipinski definition) is 4. The minimum Gasteiger partial charge on any atom is -0.358 e. The largest absolute Gasteiger partial charge is 0.358 e. The summed E-state index contributed by atoms with van der Waals surface area (Å²) in [5.74, 6) is 0.556. The zero-order valence-electron chi connectivity index (χ0n) is 13.1. The van der Waals surface area contributed by atoms with Gasteiger partial charge in [-0.3, -0.25) is 14.7 Å². The van der Waals surface area contributed by atoms with E-state index in [0.717, 1.165) is 6.42 Å². The molecule has 0 spiro atoms. The third-order valence-corrected chi connectivity index (χ3v) is 4.57. The van der Waals surface area contributed by atoms with Gasteiger partial charge in [-0.2, -0.15) is 0 Å². The summed E-state index contributed by atoms with van der Waals surface area (Å²) in [4.78, 5) is 29.1. The Balaban J connectivity index is 2.12. The molecule has 1 aromatic heterocycles. The number of benzene rings is 1. The predicted molar refractivity (Wildman–Crippen MR) is 91.5 cm³/mol. The molecule has 1 aliphatic heterocycles. The van der Waals surface area contributed by atoms with Crippen LogP contribution < -0.4 is 16.6 Å². The molecule has 2 aromatic rings. The first-order valence-electron chi connectivity index (χ1n) is 7.63. The Morgan fingerprint density at radius 3 is 2.61 bits per heavy atom. The average molecular weight is 335 g/mol. The summed E-state index contributed by atoms with van der Waals surface area (Å²) < 4.78 is 1.49. The van der Waals surface area contributed by atoms with Crippen LogP contribution in [0.25, 0.3) is 5.69 Å². The van der Waals surface area contributed by atoms with Gasteiger partial charge in [-0.25, -0.2) is 9.36 Å². The molecule has 23 heavy (non-hydrogen) atoms. The van der Waals surface area contributed by atoms with Gasteiger partial charge in [0.1, 0.15) is 5.82 Å². The molecule has 0 radical (unpaired) electrons. The van der Waals surface area contributed by atoms with Crippen molar-refractivity contribution in [1.82, 2.24) is 14.5 Å². The lowest BCUT2D eigenvalue weighted by Crippen LogP contribution is -2.45. The second-order valence-corrected chi connectivity index (χ2v) is 6.17. The Hall–Kier alpha value is -2.05. The van der Waals surface area contributed by atoms with E-state index >= 15 is 0 Å². The number of hydrogen-bond donors (Lipinski definition) is 2. The number of rotatable bonds is 3. The van der Waals surface area contributed by atoms with Crippen molar-refractivity contribution in [3.8, 4) is 5.69 Å². The highest BCUT2D eigenvalue weighted by Gasteiger charge is 2.25. The second kappa shape index (κ2) is 6.22. The summed E-state index contributed by atoms with van der Waals surface area (Å²) in [6, 6.07) is 7.30. The topological polar surface area (TPSA) is 70.1 Å². The van der Waals surface area contributed by atoms with Crippen molar-refractivity contribution in [2.45, 2.75) is 32.9 Å². The average Bonchev–Trinajstić information content (AvgIpc) is 2.55. The van der Waals surface area contributed by atoms with Gasteiger partial charge in [0.05, 0.1) is 17.9 Å². The van der Waals surface area contributed by atoms with E-state index in [-0.39, 0.29) is 5.56 Å². The Morgan fingerprint density at radius 2 is 1.96 bits per heavy atom. The molecular weight excluding hydrogens is 316 g/mol. The van der Waals surface area contributed by atoms with Crippen LogP contribution in [0.4, 0.5) is 5.82 Å². The second-order valence-electron chi connectivity index (χ2n) is 5.74. The van der Waals surface area contributed by atoms with Crippen molar-refractivity contribution >= 4 is 17.4 Å². The summed E-state index contributed by atoms with van der Waals surface area (Å²) >= 11 is 5.91. The summed E-state index contributed by atoms with van der Waals surface area (Å²) in [7, 11) is 0. The number of anilines is 1. The number of aromatic amines is 1. The molecule has 1 aromatic carbocycles. The third-order valence-electron chi connectivity index (χ3n) is 4.32. The summed E-state index contributed by atoms with van der Waals surface area (Å²) in [5, 5.41) is 3.82. The van der Waals surface area contributed by atoms with Gasteiger partial charge in [-0.15, -0.1) is 0 Å². The molecule has 0 saturated carbocycles. The van der Waals surface area contributed by atoms with Gasteiger partial charge in [-0.1, -0.05) is 18.5 Å². The molecular formula is C16H19ClN4O2. The van der Waals surface area contributed by atoms with E-state index in [2.05, 4.69) is 29.0 Å². The molecule has 1 aliphatic rings. The molecule has 122 valence electrons. The number of H-pyrrole nitrogens is 1. The van der Waals surface area contributed by atoms with Crippen LogP contribution in [0.5, 0.6) is 0 Å². The number of aromatic nitrogens is 2. The first-order valence-corrected chi connectivity index (χ1v) is 8.01. The van der Waals surface area contributed by atoms with Crippen molar-refractivity contribution in [3.63, 3.8) is 0 Å². The van der Waals surface area contributed by atoms with Crippen LogP contribution in [-0.2, 0) is 6.54 Å². The molecule has 0 amide bonds. The van der Waals surface area contributed by atoms with E-state index in [1.807, 2.05) is 0 Å². The highest BCUT2D eigenvalue weighted by atomic mass is 35.5. The first kappa shape index (κ1) is 15.8. The number of nitrogens with zero attached hydrogens (tertiary/aromatic N) is 2. The monoisotopic (exact) mass is 334 g/mol. The van der Waals surface area contributed by atoms with Gasteiger partial charge < -0.3 is 5.32 Å². The van der Waals surface area contributed by atoms with Crippen LogP contribution in [-0.4, -0.2) is 27.2 Å². The van der Waals surface area contributed by atoms with Crippen LogP contribution in [0.1, 0.15) is 25.8 Å². The molecule has 6 nitrogen and oxygen atoms in total. The van der Waals surface area contributed by atoms with Crippen LogP contribution in [0.3, 0.4) is 0 Å². The molecule has 0 bridgehead atoms. The van der Waals surface area contributed by atoms with Crippen LogP contribution >= 0.6 is 11.6 Å². The van der Waals surface area contributed by atoms with E-state index in [1.54, 1.807) is 24.3 Å². The van der Waals surface area contributed by atoms with Crippen LogP contribution in [0.2, 0.25) is 5.02 Å². The maximum absolute atomic E-state index is 12.3. The molecule has 2 heterocycles. The van der Waals surface area contributed by atoms with E-state index in [1.165, 1.54) is 4.57 Å². The van der Waals surface area contributed by atoms with E-state index < -0.39 is 5.69 Å². The quantitative estimate of drug-likeness (QED) is 0.902. The smallest absolute Gasteiger partial charge is 0.334 e. The van der Waals surface area contributed by atoms with Gasteiger partial charge >= 0.3 is 5.69 Å². The van der Waals surface area contributed by atoms with E-state index in [9.17, 15) is 9.59 Å². The fourth-order valence-corrected chi connectivity index (χ4v) is 2.87. The lowest BCUT2D eigenvalue weighted by atomic mass is 10.1. The van der Waals surface area contributed by atoms with Crippen LogP contribution in [0.15, 0.2) is 33.9 Å². The predicted octanol–water partition coefficient (Wildman–Crippen LogP) is 2.16. The molecule has 0 unspecified atom stereocenters. The van der Waals surface area contributed by atoms with Crippen molar-refractivity contribution in [2.75, 3.05) is 12.0 Å². The van der Waals surface area contributed by atoms with Gasteiger partial charge in [-0.05, 0) is 37.6 Å². The summed E-state index contributed by atoms with van der Waals surface area (Å²) in [5.41, 5.74) is 0.443. The minimum absolute atomic E-state index is 0.337. The van der Waals surface area contributed by atoms with Gasteiger partial charge in [0, 0.05) is 17.6 Å². The van der Waals surface area contributed by atoms with Gasteiger partial charge in [0.15, 0.2) is 0 Å². The van der Waals surface area contributed by atoms with Crippen molar-refractivity contribution in [1.29, 1.82) is 0 Å². The maximum atomic E-state index is 12.3. The Bertz CT molecular complexity index is 825. The Kier molecular flexibility index (Phi) is 4.28. The van der Waals surface area contributed by atoms with Crippen molar-refractivity contribution < 1.29 is 0 Å².